The number of carbonyl (C=O) groups excluding carboxylic acids is 1. The number of pyridine rings is 2. The molecule has 10 heteroatoms. The zero-order valence-electron chi connectivity index (χ0n) is 26.0. The minimum Gasteiger partial charge on any atom is -0.395 e. The predicted molar refractivity (Wildman–Crippen MR) is 166 cm³/mol. The number of aromatic amines is 1. The number of β-amino-alcohol motifs (C(OH)–C–C–N with tert-alkyl or cyclic N) is 1. The van der Waals surface area contributed by atoms with Crippen molar-refractivity contribution in [3.63, 3.8) is 0 Å². The van der Waals surface area contributed by atoms with Gasteiger partial charge >= 0.3 is 0 Å². The summed E-state index contributed by atoms with van der Waals surface area (Å²) in [7, 11) is 0. The zero-order valence-corrected chi connectivity index (χ0v) is 26.0. The lowest BCUT2D eigenvalue weighted by atomic mass is 9.95. The van der Waals surface area contributed by atoms with Crippen molar-refractivity contribution in [2.24, 2.45) is 0 Å². The predicted octanol–water partition coefficient (Wildman–Crippen LogP) is 4.29. The molecule has 0 spiro atoms. The number of aryl methyl sites for hydroxylation is 1. The van der Waals surface area contributed by atoms with Crippen molar-refractivity contribution in [2.45, 2.75) is 84.8 Å². The van der Waals surface area contributed by atoms with Gasteiger partial charge in [-0.3, -0.25) is 9.69 Å². The second-order valence-electron chi connectivity index (χ2n) is 13.4. The second-order valence-corrected chi connectivity index (χ2v) is 13.4. The summed E-state index contributed by atoms with van der Waals surface area (Å²) in [5.74, 6) is 1.40. The molecule has 42 heavy (non-hydrogen) atoms. The molecule has 2 atom stereocenters. The lowest BCUT2D eigenvalue weighted by Crippen LogP contribution is -2.58. The first kappa shape index (κ1) is 28.6. The fourth-order valence-corrected chi connectivity index (χ4v) is 6.96. The highest BCUT2D eigenvalue weighted by Crippen LogP contribution is 2.40. The van der Waals surface area contributed by atoms with Crippen LogP contribution in [0.15, 0.2) is 24.7 Å². The first-order valence-electron chi connectivity index (χ1n) is 15.2. The summed E-state index contributed by atoms with van der Waals surface area (Å²) in [6, 6.07) is 4.80. The molecule has 2 N–H and O–H groups in total. The van der Waals surface area contributed by atoms with E-state index in [0.717, 1.165) is 52.2 Å². The summed E-state index contributed by atoms with van der Waals surface area (Å²) in [5.41, 5.74) is 8.47. The molecule has 6 rings (SSSR count). The SMILES string of the molecule is Cc1c(-c2[nH]c3ccc(N4[C@@H]5CC[C@H]4CN(C(=O)CN(CCO)C(C)(C)C)C5)nc3c2C(C)C)cn2ncnc2c1C. The van der Waals surface area contributed by atoms with Gasteiger partial charge in [0, 0.05) is 54.6 Å². The number of likely N-dealkylation sites (tertiary alicyclic amines) is 1. The number of rotatable bonds is 7. The van der Waals surface area contributed by atoms with Crippen LogP contribution in [0.5, 0.6) is 0 Å². The highest BCUT2D eigenvalue weighted by atomic mass is 16.3. The quantitative estimate of drug-likeness (QED) is 0.340. The summed E-state index contributed by atoms with van der Waals surface area (Å²) >= 11 is 0. The third-order valence-corrected chi connectivity index (χ3v) is 9.38. The molecule has 0 radical (unpaired) electrons. The van der Waals surface area contributed by atoms with Crippen molar-refractivity contribution in [1.82, 2.24) is 34.4 Å². The summed E-state index contributed by atoms with van der Waals surface area (Å²) < 4.78 is 1.86. The average Bonchev–Trinajstić information content (AvgIpc) is 3.63. The number of amides is 1. The van der Waals surface area contributed by atoms with E-state index >= 15 is 0 Å². The van der Waals surface area contributed by atoms with Gasteiger partial charge in [-0.2, -0.15) is 5.10 Å². The number of piperazine rings is 1. The number of anilines is 1. The third-order valence-electron chi connectivity index (χ3n) is 9.38. The molecule has 0 unspecified atom stereocenters. The summed E-state index contributed by atoms with van der Waals surface area (Å²) in [4.78, 5) is 33.4. The number of aromatic nitrogens is 5. The van der Waals surface area contributed by atoms with Crippen LogP contribution in [0.4, 0.5) is 5.82 Å². The van der Waals surface area contributed by atoms with Crippen LogP contribution in [0.1, 0.15) is 70.1 Å². The Kier molecular flexibility index (Phi) is 7.25. The van der Waals surface area contributed by atoms with E-state index in [1.807, 2.05) is 9.42 Å². The molecule has 1 amide bonds. The standard InChI is InChI=1S/C32H44N8O2/c1-19(2)28-29(24-16-39-31(33-18-34-39)21(4)20(24)3)35-25-10-11-26(36-30(25)28)40-22-8-9-23(40)15-37(14-22)27(42)17-38(12-13-41)32(5,6)7/h10-11,16,18-19,22-23,35,41H,8-9,12-15,17H2,1-7H3/t22-,23+. The number of carbonyl (C=O) groups is 1. The molecule has 0 saturated carbocycles. The number of aliphatic hydroxyl groups excluding tert-OH is 1. The lowest BCUT2D eigenvalue weighted by Gasteiger charge is -2.43. The number of fused-ring (bicyclic) bond motifs is 4. The van der Waals surface area contributed by atoms with Gasteiger partial charge in [0.15, 0.2) is 5.65 Å². The number of H-pyrrole nitrogens is 1. The van der Waals surface area contributed by atoms with E-state index in [2.05, 4.69) is 91.7 Å². The highest BCUT2D eigenvalue weighted by molar-refractivity contribution is 5.90. The molecule has 6 heterocycles. The minimum absolute atomic E-state index is 0.0468. The monoisotopic (exact) mass is 572 g/mol. The summed E-state index contributed by atoms with van der Waals surface area (Å²) in [6.45, 7) is 17.3. The topological polar surface area (TPSA) is 106 Å². The maximum atomic E-state index is 13.4. The van der Waals surface area contributed by atoms with Crippen LogP contribution >= 0.6 is 0 Å². The smallest absolute Gasteiger partial charge is 0.236 e. The normalized spacial score (nSPS) is 19.3. The van der Waals surface area contributed by atoms with Crippen molar-refractivity contribution in [3.05, 3.63) is 41.3 Å². The van der Waals surface area contributed by atoms with Crippen molar-refractivity contribution in [2.75, 3.05) is 37.7 Å². The van der Waals surface area contributed by atoms with Crippen LogP contribution in [0.3, 0.4) is 0 Å². The Balaban J connectivity index is 1.30. The highest BCUT2D eigenvalue weighted by Gasteiger charge is 2.42. The molecule has 224 valence electrons. The Hall–Kier alpha value is -3.50. The Bertz CT molecular complexity index is 1620. The van der Waals surface area contributed by atoms with Crippen molar-refractivity contribution < 1.29 is 9.90 Å². The molecule has 10 nitrogen and oxygen atoms in total. The molecule has 2 bridgehead atoms. The first-order valence-corrected chi connectivity index (χ1v) is 15.2. The average molecular weight is 573 g/mol. The van der Waals surface area contributed by atoms with Crippen molar-refractivity contribution in [3.8, 4) is 11.3 Å². The molecule has 4 aromatic rings. The number of nitrogens with zero attached hydrogens (tertiary/aromatic N) is 7. The number of hydrogen-bond donors (Lipinski definition) is 2. The first-order chi connectivity index (χ1) is 20.0. The van der Waals surface area contributed by atoms with Gasteiger partial charge in [0.25, 0.3) is 0 Å². The van der Waals surface area contributed by atoms with Gasteiger partial charge in [-0.1, -0.05) is 13.8 Å². The van der Waals surface area contributed by atoms with Gasteiger partial charge in [-0.15, -0.1) is 0 Å². The van der Waals surface area contributed by atoms with Crippen LogP contribution in [-0.2, 0) is 4.79 Å². The molecular formula is C32H44N8O2. The van der Waals surface area contributed by atoms with Crippen LogP contribution < -0.4 is 4.90 Å². The molecule has 4 aromatic heterocycles. The van der Waals surface area contributed by atoms with Crippen LogP contribution in [0, 0.1) is 13.8 Å². The van der Waals surface area contributed by atoms with E-state index in [1.54, 1.807) is 6.33 Å². The molecule has 2 saturated heterocycles. The van der Waals surface area contributed by atoms with Gasteiger partial charge in [0.1, 0.15) is 12.1 Å². The van der Waals surface area contributed by atoms with E-state index in [0.29, 0.717) is 26.2 Å². The number of hydrogen-bond acceptors (Lipinski definition) is 7. The summed E-state index contributed by atoms with van der Waals surface area (Å²) in [5, 5.41) is 14.0. The van der Waals surface area contributed by atoms with E-state index in [9.17, 15) is 9.90 Å². The lowest BCUT2D eigenvalue weighted by molar-refractivity contribution is -0.134. The van der Waals surface area contributed by atoms with Crippen LogP contribution in [0.2, 0.25) is 0 Å². The van der Waals surface area contributed by atoms with E-state index in [1.165, 1.54) is 11.1 Å². The van der Waals surface area contributed by atoms with E-state index in [4.69, 9.17) is 4.98 Å². The van der Waals surface area contributed by atoms with Crippen LogP contribution in [0.25, 0.3) is 27.9 Å². The van der Waals surface area contributed by atoms with Gasteiger partial charge in [0.2, 0.25) is 5.91 Å². The van der Waals surface area contributed by atoms with Gasteiger partial charge < -0.3 is 19.9 Å². The molecule has 2 fully saturated rings. The third kappa shape index (κ3) is 4.84. The maximum Gasteiger partial charge on any atom is 0.236 e. The fourth-order valence-electron chi connectivity index (χ4n) is 6.96. The Labute approximate surface area is 247 Å². The fraction of sp³-hybridized carbons (Fsp3) is 0.562. The zero-order chi connectivity index (χ0) is 29.9. The molecule has 2 aliphatic heterocycles. The second kappa shape index (κ2) is 10.6. The largest absolute Gasteiger partial charge is 0.395 e. The van der Waals surface area contributed by atoms with E-state index < -0.39 is 0 Å². The maximum absolute atomic E-state index is 13.4. The minimum atomic E-state index is -0.180. The number of aliphatic hydroxyl groups is 1. The molecule has 0 aromatic carbocycles. The van der Waals surface area contributed by atoms with E-state index in [-0.39, 0.29) is 36.1 Å². The van der Waals surface area contributed by atoms with Gasteiger partial charge in [-0.05, 0) is 76.6 Å². The van der Waals surface area contributed by atoms with Crippen molar-refractivity contribution >= 4 is 28.4 Å². The van der Waals surface area contributed by atoms with Gasteiger partial charge in [-0.25, -0.2) is 14.5 Å². The summed E-state index contributed by atoms with van der Waals surface area (Å²) in [6.07, 6.45) is 5.78. The Morgan fingerprint density at radius 1 is 1.14 bits per heavy atom. The Morgan fingerprint density at radius 3 is 2.50 bits per heavy atom. The van der Waals surface area contributed by atoms with Crippen LogP contribution in [-0.4, -0.2) is 95.8 Å². The van der Waals surface area contributed by atoms with Crippen molar-refractivity contribution in [1.29, 1.82) is 0 Å². The number of nitrogens with one attached hydrogen (secondary N) is 1. The molecular weight excluding hydrogens is 528 g/mol. The molecule has 0 aliphatic carbocycles. The Morgan fingerprint density at radius 2 is 1.86 bits per heavy atom. The van der Waals surface area contributed by atoms with Gasteiger partial charge in [0.05, 0.1) is 29.9 Å². The molecule has 2 aliphatic rings.